The van der Waals surface area contributed by atoms with Gasteiger partial charge in [0.25, 0.3) is 17.7 Å². The lowest BCUT2D eigenvalue weighted by atomic mass is 10.0. The quantitative estimate of drug-likeness (QED) is 0.406. The number of fused-ring (bicyclic) bond motifs is 2. The van der Waals surface area contributed by atoms with Gasteiger partial charge in [-0.2, -0.15) is 0 Å². The van der Waals surface area contributed by atoms with Crippen LogP contribution in [0.25, 0.3) is 0 Å². The zero-order valence-corrected chi connectivity index (χ0v) is 16.7. The largest absolute Gasteiger partial charge is 0.478 e. The minimum atomic E-state index is -1.26. The van der Waals surface area contributed by atoms with Gasteiger partial charge in [0.05, 0.1) is 41.0 Å². The van der Waals surface area contributed by atoms with E-state index in [9.17, 15) is 29.1 Å². The van der Waals surface area contributed by atoms with E-state index in [1.165, 1.54) is 12.1 Å². The Morgan fingerprint density at radius 2 is 2.10 bits per heavy atom. The molecule has 2 aliphatic rings. The number of carboxylic acids is 1. The van der Waals surface area contributed by atoms with Crippen molar-refractivity contribution in [2.75, 3.05) is 11.9 Å². The first kappa shape index (κ1) is 20.2. The van der Waals surface area contributed by atoms with Crippen LogP contribution >= 0.6 is 22.9 Å². The topological polar surface area (TPSA) is 130 Å². The molecule has 4 rings (SSSR count). The van der Waals surface area contributed by atoms with E-state index in [1.54, 1.807) is 6.07 Å². The molecule has 3 heterocycles. The molecule has 0 aliphatic carbocycles. The van der Waals surface area contributed by atoms with E-state index in [2.05, 4.69) is 5.32 Å². The van der Waals surface area contributed by atoms with Gasteiger partial charge >= 0.3 is 5.97 Å². The number of carbonyl (C=O) groups is 5. The van der Waals surface area contributed by atoms with E-state index in [0.29, 0.717) is 10.4 Å². The number of aldehydes is 1. The van der Waals surface area contributed by atoms with Crippen LogP contribution in [0.15, 0.2) is 18.2 Å². The van der Waals surface area contributed by atoms with Crippen molar-refractivity contribution in [3.63, 3.8) is 0 Å². The number of ether oxygens (including phenoxy) is 1. The predicted octanol–water partition coefficient (Wildman–Crippen LogP) is 1.97. The van der Waals surface area contributed by atoms with E-state index >= 15 is 0 Å². The van der Waals surface area contributed by atoms with Crippen molar-refractivity contribution >= 4 is 57.9 Å². The maximum absolute atomic E-state index is 12.7. The van der Waals surface area contributed by atoms with Gasteiger partial charge in [-0.3, -0.25) is 24.1 Å². The highest BCUT2D eigenvalue weighted by Gasteiger charge is 2.40. The van der Waals surface area contributed by atoms with Gasteiger partial charge in [-0.15, -0.1) is 11.3 Å². The molecule has 0 saturated carbocycles. The summed E-state index contributed by atoms with van der Waals surface area (Å²) >= 11 is 7.07. The van der Waals surface area contributed by atoms with Gasteiger partial charge < -0.3 is 15.2 Å². The highest BCUT2D eigenvalue weighted by atomic mass is 35.5. The number of carbonyl (C=O) groups excluding carboxylic acids is 4. The number of aromatic carboxylic acids is 1. The second-order valence-corrected chi connectivity index (χ2v) is 8.15. The number of carboxylic acid groups (broad SMARTS) is 1. The second kappa shape index (κ2) is 7.63. The van der Waals surface area contributed by atoms with E-state index in [4.69, 9.17) is 16.3 Å². The van der Waals surface area contributed by atoms with Crippen molar-refractivity contribution in [2.24, 2.45) is 0 Å². The summed E-state index contributed by atoms with van der Waals surface area (Å²) in [7, 11) is 0. The smallest absolute Gasteiger partial charge is 0.339 e. The summed E-state index contributed by atoms with van der Waals surface area (Å²) in [6, 6.07) is 4.63. The predicted molar refractivity (Wildman–Crippen MR) is 105 cm³/mol. The summed E-state index contributed by atoms with van der Waals surface area (Å²) in [6.07, 6.45) is -0.469. The standard InChI is InChI=1S/C19H13ClN2O7S/c20-11-3-1-2-9-14(11)18(26)22(17(9)25)5-8-4-10-12(7-29-8)30-16(15(10)19(27)28)21-13(24)6-23/h1-3,6,8H,4-5,7H2,(H,21,24)(H,27,28). The Morgan fingerprint density at radius 3 is 2.77 bits per heavy atom. The highest BCUT2D eigenvalue weighted by Crippen LogP contribution is 2.38. The minimum Gasteiger partial charge on any atom is -0.478 e. The molecule has 154 valence electrons. The Kier molecular flexibility index (Phi) is 5.14. The number of benzene rings is 1. The van der Waals surface area contributed by atoms with Crippen LogP contribution in [0.2, 0.25) is 5.02 Å². The van der Waals surface area contributed by atoms with Crippen LogP contribution in [0.1, 0.15) is 41.5 Å². The molecule has 0 fully saturated rings. The van der Waals surface area contributed by atoms with Crippen LogP contribution < -0.4 is 5.32 Å². The third kappa shape index (κ3) is 3.28. The lowest BCUT2D eigenvalue weighted by Crippen LogP contribution is -2.40. The van der Waals surface area contributed by atoms with E-state index in [1.807, 2.05) is 0 Å². The Morgan fingerprint density at radius 1 is 1.33 bits per heavy atom. The number of nitrogens with one attached hydrogen (secondary N) is 1. The summed E-state index contributed by atoms with van der Waals surface area (Å²) in [4.78, 5) is 60.7. The van der Waals surface area contributed by atoms with Gasteiger partial charge in [-0.1, -0.05) is 17.7 Å². The van der Waals surface area contributed by atoms with Crippen LogP contribution in [0.5, 0.6) is 0 Å². The minimum absolute atomic E-state index is 0.0429. The molecule has 30 heavy (non-hydrogen) atoms. The molecule has 1 aromatic heterocycles. The number of halogens is 1. The van der Waals surface area contributed by atoms with Crippen LogP contribution in [0.3, 0.4) is 0 Å². The van der Waals surface area contributed by atoms with E-state index in [-0.39, 0.29) is 52.6 Å². The summed E-state index contributed by atoms with van der Waals surface area (Å²) in [5.41, 5.74) is 0.675. The van der Waals surface area contributed by atoms with Crippen LogP contribution in [-0.4, -0.2) is 52.6 Å². The first-order valence-corrected chi connectivity index (χ1v) is 9.91. The van der Waals surface area contributed by atoms with Crippen LogP contribution in [0.4, 0.5) is 5.00 Å². The number of hydrogen-bond donors (Lipinski definition) is 2. The molecular weight excluding hydrogens is 436 g/mol. The molecule has 11 heteroatoms. The Hall–Kier alpha value is -3.08. The number of hydrogen-bond acceptors (Lipinski definition) is 7. The number of thiophene rings is 1. The zero-order chi connectivity index (χ0) is 21.6. The SMILES string of the molecule is O=CC(=O)Nc1sc2c(c1C(=O)O)CC(CN1C(=O)c3cccc(Cl)c3C1=O)OC2. The normalized spacial score (nSPS) is 17.5. The Balaban J connectivity index is 1.58. The summed E-state index contributed by atoms with van der Waals surface area (Å²) in [5, 5.41) is 12.1. The summed E-state index contributed by atoms with van der Waals surface area (Å²) < 4.78 is 5.73. The fourth-order valence-corrected chi connectivity index (χ4v) is 4.96. The number of amides is 3. The van der Waals surface area contributed by atoms with Crippen molar-refractivity contribution < 1.29 is 33.8 Å². The fraction of sp³-hybridized carbons (Fsp3) is 0.211. The molecule has 0 saturated heterocycles. The maximum Gasteiger partial charge on any atom is 0.339 e. The monoisotopic (exact) mass is 448 g/mol. The average Bonchev–Trinajstić information content (AvgIpc) is 3.18. The zero-order valence-electron chi connectivity index (χ0n) is 15.1. The molecule has 0 radical (unpaired) electrons. The Bertz CT molecular complexity index is 1130. The number of imide groups is 1. The Labute approximate surface area is 178 Å². The molecule has 9 nitrogen and oxygen atoms in total. The summed E-state index contributed by atoms with van der Waals surface area (Å²) in [5.74, 6) is -3.24. The van der Waals surface area contributed by atoms with Gasteiger partial charge in [-0.05, 0) is 17.7 Å². The molecule has 0 spiro atoms. The number of rotatable bonds is 5. The van der Waals surface area contributed by atoms with Gasteiger partial charge in [-0.25, -0.2) is 4.79 Å². The molecule has 2 N–H and O–H groups in total. The molecule has 2 aromatic rings. The molecule has 1 unspecified atom stereocenters. The molecule has 3 amide bonds. The van der Waals surface area contributed by atoms with Crippen LogP contribution in [0, 0.1) is 0 Å². The van der Waals surface area contributed by atoms with E-state index in [0.717, 1.165) is 16.2 Å². The van der Waals surface area contributed by atoms with Crippen molar-refractivity contribution in [2.45, 2.75) is 19.1 Å². The van der Waals surface area contributed by atoms with Gasteiger partial charge in [0.15, 0.2) is 0 Å². The van der Waals surface area contributed by atoms with Gasteiger partial charge in [0.2, 0.25) is 6.29 Å². The van der Waals surface area contributed by atoms with Gasteiger partial charge in [0.1, 0.15) is 5.00 Å². The molecule has 1 aromatic carbocycles. The number of nitrogens with zero attached hydrogens (tertiary/aromatic N) is 1. The first-order chi connectivity index (χ1) is 14.3. The molecular formula is C19H13ClN2O7S. The van der Waals surface area contributed by atoms with Crippen molar-refractivity contribution in [1.29, 1.82) is 0 Å². The summed E-state index contributed by atoms with van der Waals surface area (Å²) in [6.45, 7) is -0.0289. The third-order valence-electron chi connectivity index (χ3n) is 4.86. The second-order valence-electron chi connectivity index (χ2n) is 6.64. The molecule has 1 atom stereocenters. The van der Waals surface area contributed by atoms with Crippen molar-refractivity contribution in [3.8, 4) is 0 Å². The van der Waals surface area contributed by atoms with Gasteiger partial charge in [0, 0.05) is 11.3 Å². The van der Waals surface area contributed by atoms with Crippen molar-refractivity contribution in [1.82, 2.24) is 4.90 Å². The van der Waals surface area contributed by atoms with Crippen molar-refractivity contribution in [3.05, 3.63) is 50.4 Å². The lowest BCUT2D eigenvalue weighted by molar-refractivity contribution is -0.127. The third-order valence-corrected chi connectivity index (χ3v) is 6.30. The van der Waals surface area contributed by atoms with Crippen LogP contribution in [-0.2, 0) is 27.4 Å². The highest BCUT2D eigenvalue weighted by molar-refractivity contribution is 7.17. The first-order valence-electron chi connectivity index (χ1n) is 8.72. The van der Waals surface area contributed by atoms with E-state index < -0.39 is 29.8 Å². The number of anilines is 1. The maximum atomic E-state index is 12.7. The average molecular weight is 449 g/mol. The molecule has 2 aliphatic heterocycles. The molecule has 0 bridgehead atoms. The fourth-order valence-electron chi connectivity index (χ4n) is 3.56. The lowest BCUT2D eigenvalue weighted by Gasteiger charge is -2.26.